The molecule has 2 amide bonds. The number of hydrogen-bond donors (Lipinski definition) is 2. The van der Waals surface area contributed by atoms with E-state index in [0.29, 0.717) is 31.6 Å². The summed E-state index contributed by atoms with van der Waals surface area (Å²) in [5.74, 6) is 0.653. The Balaban J connectivity index is 1.32. The van der Waals surface area contributed by atoms with E-state index in [4.69, 9.17) is 0 Å². The summed E-state index contributed by atoms with van der Waals surface area (Å²) in [5.41, 5.74) is -0.470. The first kappa shape index (κ1) is 20.9. The molecule has 3 unspecified atom stereocenters. The Morgan fingerprint density at radius 2 is 1.83 bits per heavy atom. The van der Waals surface area contributed by atoms with Crippen LogP contribution in [-0.2, 0) is 4.79 Å². The Bertz CT molecular complexity index is 644. The normalized spacial score (nSPS) is 34.7. The van der Waals surface area contributed by atoms with Crippen LogP contribution in [0.1, 0.15) is 65.2 Å². The van der Waals surface area contributed by atoms with Crippen molar-refractivity contribution in [2.24, 2.45) is 11.3 Å². The van der Waals surface area contributed by atoms with E-state index < -0.39 is 11.7 Å². The van der Waals surface area contributed by atoms with E-state index in [-0.39, 0.29) is 17.4 Å². The second-order valence-electron chi connectivity index (χ2n) is 10.1. The Morgan fingerprint density at radius 1 is 1.14 bits per heavy atom. The van der Waals surface area contributed by atoms with Gasteiger partial charge in [0.2, 0.25) is 5.91 Å². The van der Waals surface area contributed by atoms with Crippen molar-refractivity contribution in [3.8, 4) is 0 Å². The molecule has 2 N–H and O–H groups in total. The van der Waals surface area contributed by atoms with Gasteiger partial charge in [-0.25, -0.2) is 4.79 Å². The quantitative estimate of drug-likeness (QED) is 0.731. The zero-order valence-corrected chi connectivity index (χ0v) is 18.0. The molecule has 7 heteroatoms. The van der Waals surface area contributed by atoms with Gasteiger partial charge in [-0.15, -0.1) is 0 Å². The fourth-order valence-corrected chi connectivity index (χ4v) is 6.66. The summed E-state index contributed by atoms with van der Waals surface area (Å²) < 4.78 is 0. The van der Waals surface area contributed by atoms with Crippen molar-refractivity contribution in [1.82, 2.24) is 14.7 Å². The molecule has 0 aromatic carbocycles. The average Bonchev–Trinajstić information content (AvgIpc) is 3.11. The minimum atomic E-state index is -0.779. The van der Waals surface area contributed by atoms with Crippen molar-refractivity contribution in [3.63, 3.8) is 0 Å². The Morgan fingerprint density at radius 3 is 2.31 bits per heavy atom. The lowest BCUT2D eigenvalue weighted by atomic mass is 9.54. The number of rotatable bonds is 5. The van der Waals surface area contributed by atoms with Gasteiger partial charge in [0.25, 0.3) is 0 Å². The zero-order chi connectivity index (χ0) is 20.8. The number of nitrogens with zero attached hydrogens (tertiary/aromatic N) is 3. The molecule has 4 fully saturated rings. The van der Waals surface area contributed by atoms with Crippen LogP contribution in [0.4, 0.5) is 4.79 Å². The maximum atomic E-state index is 12.2. The van der Waals surface area contributed by atoms with Crippen LogP contribution >= 0.6 is 0 Å². The molecule has 1 spiro atoms. The molecule has 164 valence electrons. The van der Waals surface area contributed by atoms with Gasteiger partial charge in [-0.1, -0.05) is 13.3 Å². The molecule has 2 aliphatic heterocycles. The summed E-state index contributed by atoms with van der Waals surface area (Å²) in [4.78, 5) is 29.7. The summed E-state index contributed by atoms with van der Waals surface area (Å²) in [5, 5.41) is 19.9. The highest BCUT2D eigenvalue weighted by Crippen LogP contribution is 2.56. The molecule has 0 aromatic rings. The third kappa shape index (κ3) is 3.76. The predicted octanol–water partition coefficient (Wildman–Crippen LogP) is 2.38. The predicted molar refractivity (Wildman–Crippen MR) is 110 cm³/mol. The molecule has 0 radical (unpaired) electrons. The fourth-order valence-electron chi connectivity index (χ4n) is 6.66. The van der Waals surface area contributed by atoms with Crippen molar-refractivity contribution in [2.45, 2.75) is 82.9 Å². The van der Waals surface area contributed by atoms with E-state index >= 15 is 0 Å². The lowest BCUT2D eigenvalue weighted by molar-refractivity contribution is -0.142. The number of aliphatic hydroxyl groups is 1. The highest BCUT2D eigenvalue weighted by molar-refractivity contribution is 5.73. The van der Waals surface area contributed by atoms with Crippen molar-refractivity contribution >= 4 is 12.0 Å². The van der Waals surface area contributed by atoms with Crippen LogP contribution in [0.15, 0.2) is 0 Å². The van der Waals surface area contributed by atoms with Crippen LogP contribution in [0, 0.1) is 11.3 Å². The lowest BCUT2D eigenvalue weighted by Crippen LogP contribution is -2.62. The number of piperidine rings is 1. The highest BCUT2D eigenvalue weighted by Gasteiger charge is 2.58. The molecule has 4 rings (SSSR count). The first-order valence-electron chi connectivity index (χ1n) is 11.5. The van der Waals surface area contributed by atoms with Gasteiger partial charge in [0.05, 0.1) is 5.60 Å². The minimum Gasteiger partial charge on any atom is -0.465 e. The first-order valence-corrected chi connectivity index (χ1v) is 11.5. The number of amides is 2. The molecule has 2 aliphatic carbocycles. The van der Waals surface area contributed by atoms with E-state index in [9.17, 15) is 19.8 Å². The molecule has 4 aliphatic rings. The van der Waals surface area contributed by atoms with Gasteiger partial charge in [0.1, 0.15) is 0 Å². The van der Waals surface area contributed by atoms with Crippen LogP contribution in [0.25, 0.3) is 0 Å². The average molecular weight is 408 g/mol. The van der Waals surface area contributed by atoms with Gasteiger partial charge in [-0.05, 0) is 56.3 Å². The van der Waals surface area contributed by atoms with Crippen molar-refractivity contribution < 1.29 is 19.8 Å². The summed E-state index contributed by atoms with van der Waals surface area (Å²) in [6, 6.07) is 0.785. The number of carbonyl (C=O) groups is 2. The second kappa shape index (κ2) is 7.73. The van der Waals surface area contributed by atoms with Crippen LogP contribution in [0.2, 0.25) is 0 Å². The van der Waals surface area contributed by atoms with Crippen LogP contribution in [0.3, 0.4) is 0 Å². The third-order valence-corrected chi connectivity index (χ3v) is 8.52. The number of carbonyl (C=O) groups excluding carboxylic acids is 1. The largest absolute Gasteiger partial charge is 0.465 e. The molecule has 2 saturated heterocycles. The van der Waals surface area contributed by atoms with Gasteiger partial charge in [0, 0.05) is 51.7 Å². The van der Waals surface area contributed by atoms with Crippen molar-refractivity contribution in [3.05, 3.63) is 0 Å². The molecule has 3 atom stereocenters. The van der Waals surface area contributed by atoms with Gasteiger partial charge in [-0.2, -0.15) is 0 Å². The summed E-state index contributed by atoms with van der Waals surface area (Å²) in [6.07, 6.45) is 7.05. The van der Waals surface area contributed by atoms with Crippen molar-refractivity contribution in [2.75, 3.05) is 32.7 Å². The summed E-state index contributed by atoms with van der Waals surface area (Å²) in [6.45, 7) is 7.72. The van der Waals surface area contributed by atoms with Gasteiger partial charge in [-0.3, -0.25) is 9.69 Å². The smallest absolute Gasteiger partial charge is 0.407 e. The van der Waals surface area contributed by atoms with Crippen LogP contribution < -0.4 is 0 Å². The molecule has 0 bridgehead atoms. The Hall–Kier alpha value is -1.34. The second-order valence-corrected chi connectivity index (χ2v) is 10.1. The van der Waals surface area contributed by atoms with Crippen LogP contribution in [-0.4, -0.2) is 87.3 Å². The maximum Gasteiger partial charge on any atom is 0.407 e. The Kier molecular flexibility index (Phi) is 5.57. The fraction of sp³-hybridized carbons (Fsp3) is 0.909. The summed E-state index contributed by atoms with van der Waals surface area (Å²) in [7, 11) is 0. The van der Waals surface area contributed by atoms with Gasteiger partial charge in [0.15, 0.2) is 0 Å². The minimum absolute atomic E-state index is 0.0810. The first-order chi connectivity index (χ1) is 13.8. The van der Waals surface area contributed by atoms with Crippen molar-refractivity contribution in [1.29, 1.82) is 0 Å². The van der Waals surface area contributed by atoms with E-state index in [1.54, 1.807) is 11.8 Å². The topological polar surface area (TPSA) is 84.3 Å². The SMILES string of the molecule is CCC1C(N2CCC(N(CC3(O)CCC3)C(C)=O)CC2)CC12CCN(C(=O)O)C2. The third-order valence-electron chi connectivity index (χ3n) is 8.52. The van der Waals surface area contributed by atoms with Gasteiger partial charge < -0.3 is 20.0 Å². The molecule has 2 heterocycles. The maximum absolute atomic E-state index is 12.2. The van der Waals surface area contributed by atoms with E-state index in [1.165, 1.54) is 0 Å². The molecule has 2 saturated carbocycles. The van der Waals surface area contributed by atoms with E-state index in [2.05, 4.69) is 11.8 Å². The summed E-state index contributed by atoms with van der Waals surface area (Å²) >= 11 is 0. The highest BCUT2D eigenvalue weighted by atomic mass is 16.4. The molecule has 29 heavy (non-hydrogen) atoms. The Labute approximate surface area is 174 Å². The number of likely N-dealkylation sites (tertiary alicyclic amines) is 2. The molecule has 0 aromatic heterocycles. The van der Waals surface area contributed by atoms with Gasteiger partial charge >= 0.3 is 6.09 Å². The lowest BCUT2D eigenvalue weighted by Gasteiger charge is -2.58. The van der Waals surface area contributed by atoms with E-state index in [1.807, 2.05) is 4.90 Å². The molecular formula is C22H37N3O4. The molecular weight excluding hydrogens is 370 g/mol. The zero-order valence-electron chi connectivity index (χ0n) is 18.0. The number of hydrogen-bond acceptors (Lipinski definition) is 4. The number of carboxylic acid groups (broad SMARTS) is 1. The van der Waals surface area contributed by atoms with E-state index in [0.717, 1.165) is 64.5 Å². The molecule has 7 nitrogen and oxygen atoms in total. The monoisotopic (exact) mass is 407 g/mol. The standard InChI is InChI=1S/C22H37N3O4/c1-3-18-19(13-21(18)9-12-24(14-21)20(27)28)23-10-5-17(6-11-23)25(16(2)26)15-22(29)7-4-8-22/h17-19,29H,3-15H2,1-2H3,(H,27,28). The van der Waals surface area contributed by atoms with Crippen LogP contribution in [0.5, 0.6) is 0 Å².